The van der Waals surface area contributed by atoms with Crippen LogP contribution in [0, 0.1) is 5.92 Å². The van der Waals surface area contributed by atoms with E-state index in [2.05, 4.69) is 10.6 Å². The number of nitrogens with zero attached hydrogens (tertiary/aromatic N) is 3. The zero-order chi connectivity index (χ0) is 35.5. The summed E-state index contributed by atoms with van der Waals surface area (Å²) in [6.07, 6.45) is -3.08. The number of hydrogen-bond donors (Lipinski definition) is 3. The second-order valence-corrected chi connectivity index (χ2v) is 12.6. The standard InChI is InChI=1S/C36H40F3N5O5/c1-22-18-44(23(2)21-45)34(47)17-24-15-28(40-33(46)16-25-19-42(3)30-8-6-5-7-29(25)30)13-14-31(24)49-32(22)20-43(4)35(48)41-27-11-9-26(10-12-27)36(37,38)39/h5-15,19,22-23,32,45H,16-18,20-21H2,1-4H3,(H,40,46)(H,41,48)/t22-,23+,32-/m0/s1. The lowest BCUT2D eigenvalue weighted by Crippen LogP contribution is -2.48. The van der Waals surface area contributed by atoms with Crippen LogP contribution in [0.3, 0.4) is 0 Å². The van der Waals surface area contributed by atoms with Crippen LogP contribution in [-0.2, 0) is 35.7 Å². The predicted molar refractivity (Wildman–Crippen MR) is 180 cm³/mol. The molecule has 0 spiro atoms. The van der Waals surface area contributed by atoms with Gasteiger partial charge in [0.25, 0.3) is 0 Å². The van der Waals surface area contributed by atoms with Gasteiger partial charge in [0.05, 0.1) is 37.6 Å². The normalized spacial score (nSPS) is 17.3. The van der Waals surface area contributed by atoms with Crippen molar-refractivity contribution in [1.29, 1.82) is 0 Å². The first-order chi connectivity index (χ1) is 23.2. The number of ether oxygens (including phenoxy) is 1. The van der Waals surface area contributed by atoms with Crippen molar-refractivity contribution in [2.24, 2.45) is 13.0 Å². The molecule has 0 unspecified atom stereocenters. The van der Waals surface area contributed by atoms with Gasteiger partial charge < -0.3 is 34.8 Å². The van der Waals surface area contributed by atoms with E-state index < -0.39 is 29.9 Å². The quantitative estimate of drug-likeness (QED) is 0.221. The summed E-state index contributed by atoms with van der Waals surface area (Å²) in [5, 5.41) is 16.5. The summed E-state index contributed by atoms with van der Waals surface area (Å²) in [4.78, 5) is 42.7. The van der Waals surface area contributed by atoms with Crippen LogP contribution in [0.4, 0.5) is 29.3 Å². The minimum Gasteiger partial charge on any atom is -0.488 e. The van der Waals surface area contributed by atoms with E-state index >= 15 is 0 Å². The number of urea groups is 1. The van der Waals surface area contributed by atoms with Crippen LogP contribution in [0.1, 0.15) is 30.5 Å². The third kappa shape index (κ3) is 8.34. The Hall–Kier alpha value is -5.04. The number of fused-ring (bicyclic) bond motifs is 2. The number of rotatable bonds is 8. The fourth-order valence-corrected chi connectivity index (χ4v) is 5.98. The third-order valence-electron chi connectivity index (χ3n) is 8.79. The topological polar surface area (TPSA) is 116 Å². The Morgan fingerprint density at radius 3 is 2.45 bits per heavy atom. The number of aryl methyl sites for hydroxylation is 1. The molecule has 1 aliphatic rings. The highest BCUT2D eigenvalue weighted by molar-refractivity contribution is 5.96. The number of aliphatic hydroxyl groups is 1. The highest BCUT2D eigenvalue weighted by atomic mass is 19.4. The van der Waals surface area contributed by atoms with Crippen LogP contribution in [0.5, 0.6) is 5.75 Å². The van der Waals surface area contributed by atoms with E-state index in [1.54, 1.807) is 30.0 Å². The molecule has 0 aliphatic carbocycles. The first-order valence-electron chi connectivity index (χ1n) is 16.0. The van der Waals surface area contributed by atoms with Gasteiger partial charge in [-0.2, -0.15) is 13.2 Å². The van der Waals surface area contributed by atoms with Gasteiger partial charge in [-0.3, -0.25) is 9.59 Å². The van der Waals surface area contributed by atoms with Crippen molar-refractivity contribution in [3.8, 4) is 5.75 Å². The Balaban J connectivity index is 1.34. The van der Waals surface area contributed by atoms with Crippen molar-refractivity contribution >= 4 is 40.1 Å². The van der Waals surface area contributed by atoms with E-state index in [0.717, 1.165) is 28.6 Å². The molecule has 1 aromatic heterocycles. The molecule has 5 rings (SSSR count). The zero-order valence-electron chi connectivity index (χ0n) is 27.8. The van der Waals surface area contributed by atoms with Crippen LogP contribution in [0.15, 0.2) is 72.9 Å². The number of aromatic nitrogens is 1. The number of amides is 4. The highest BCUT2D eigenvalue weighted by Gasteiger charge is 2.33. The molecule has 3 atom stereocenters. The Labute approximate surface area is 282 Å². The van der Waals surface area contributed by atoms with Crippen LogP contribution in [0.2, 0.25) is 0 Å². The summed E-state index contributed by atoms with van der Waals surface area (Å²) < 4.78 is 47.3. The van der Waals surface area contributed by atoms with Gasteiger partial charge in [-0.25, -0.2) is 4.79 Å². The van der Waals surface area contributed by atoms with Crippen LogP contribution in [-0.4, -0.2) is 76.2 Å². The lowest BCUT2D eigenvalue weighted by Gasteiger charge is -2.34. The SMILES string of the molecule is C[C@H](CO)N1C[C@H](C)[C@H](CN(C)C(=O)Nc2ccc(C(F)(F)F)cc2)Oc2ccc(NC(=O)Cc3cn(C)c4ccccc34)cc2CC1=O. The van der Waals surface area contributed by atoms with Gasteiger partial charge in [0.15, 0.2) is 0 Å². The number of carbonyl (C=O) groups is 3. The van der Waals surface area contributed by atoms with Crippen molar-refractivity contribution in [2.45, 2.75) is 45.0 Å². The number of aliphatic hydroxyl groups excluding tert-OH is 1. The molecule has 0 radical (unpaired) electrons. The maximum absolute atomic E-state index is 13.6. The molecule has 4 amide bonds. The molecule has 1 aliphatic heterocycles. The average Bonchev–Trinajstić information content (AvgIpc) is 3.39. The van der Waals surface area contributed by atoms with Gasteiger partial charge in [0.1, 0.15) is 11.9 Å². The fourth-order valence-electron chi connectivity index (χ4n) is 5.98. The molecular formula is C36H40F3N5O5. The number of alkyl halides is 3. The maximum atomic E-state index is 13.6. The third-order valence-corrected chi connectivity index (χ3v) is 8.79. The van der Waals surface area contributed by atoms with Crippen LogP contribution < -0.4 is 15.4 Å². The van der Waals surface area contributed by atoms with E-state index in [1.165, 1.54) is 24.1 Å². The van der Waals surface area contributed by atoms with Crippen molar-refractivity contribution in [3.05, 3.63) is 89.6 Å². The first kappa shape index (κ1) is 35.3. The summed E-state index contributed by atoms with van der Waals surface area (Å²) in [7, 11) is 3.47. The number of nitrogens with one attached hydrogen (secondary N) is 2. The summed E-state index contributed by atoms with van der Waals surface area (Å²) in [6.45, 7) is 3.68. The number of hydrogen-bond acceptors (Lipinski definition) is 5. The monoisotopic (exact) mass is 679 g/mol. The number of benzene rings is 3. The second-order valence-electron chi connectivity index (χ2n) is 12.6. The van der Waals surface area contributed by atoms with E-state index in [9.17, 15) is 32.7 Å². The smallest absolute Gasteiger partial charge is 0.416 e. The van der Waals surface area contributed by atoms with E-state index in [-0.39, 0.29) is 56.0 Å². The number of halogens is 3. The van der Waals surface area contributed by atoms with Gasteiger partial charge in [0.2, 0.25) is 11.8 Å². The lowest BCUT2D eigenvalue weighted by atomic mass is 10.0. The molecule has 0 fully saturated rings. The summed E-state index contributed by atoms with van der Waals surface area (Å²) in [6, 6.07) is 16.0. The molecule has 10 nitrogen and oxygen atoms in total. The molecule has 0 saturated heterocycles. The largest absolute Gasteiger partial charge is 0.488 e. The molecule has 3 aromatic carbocycles. The summed E-state index contributed by atoms with van der Waals surface area (Å²) in [5.74, 6) is -0.349. The molecular weight excluding hydrogens is 639 g/mol. The average molecular weight is 680 g/mol. The van der Waals surface area contributed by atoms with Crippen molar-refractivity contribution in [2.75, 3.05) is 37.4 Å². The second kappa shape index (κ2) is 14.6. The van der Waals surface area contributed by atoms with Crippen molar-refractivity contribution in [3.63, 3.8) is 0 Å². The molecule has 0 bridgehead atoms. The Morgan fingerprint density at radius 1 is 1.06 bits per heavy atom. The Kier molecular flexibility index (Phi) is 10.5. The molecule has 260 valence electrons. The predicted octanol–water partition coefficient (Wildman–Crippen LogP) is 5.69. The summed E-state index contributed by atoms with van der Waals surface area (Å²) >= 11 is 0. The van der Waals surface area contributed by atoms with Crippen LogP contribution >= 0.6 is 0 Å². The van der Waals surface area contributed by atoms with Gasteiger partial charge in [-0.1, -0.05) is 25.1 Å². The van der Waals surface area contributed by atoms with E-state index in [4.69, 9.17) is 4.74 Å². The lowest BCUT2D eigenvalue weighted by molar-refractivity contribution is -0.137. The van der Waals surface area contributed by atoms with E-state index in [0.29, 0.717) is 17.0 Å². The van der Waals surface area contributed by atoms with E-state index in [1.807, 2.05) is 49.0 Å². The molecule has 4 aromatic rings. The first-order valence-corrected chi connectivity index (χ1v) is 16.0. The molecule has 2 heterocycles. The fraction of sp³-hybridized carbons (Fsp3) is 0.361. The number of para-hydroxylation sites is 1. The zero-order valence-corrected chi connectivity index (χ0v) is 27.8. The number of likely N-dealkylation sites (N-methyl/N-ethyl adjacent to an activating group) is 1. The molecule has 49 heavy (non-hydrogen) atoms. The molecule has 3 N–H and O–H groups in total. The highest BCUT2D eigenvalue weighted by Crippen LogP contribution is 2.31. The van der Waals surface area contributed by atoms with Crippen molar-refractivity contribution in [1.82, 2.24) is 14.4 Å². The number of anilines is 2. The summed E-state index contributed by atoms with van der Waals surface area (Å²) in [5.41, 5.74) is 2.29. The van der Waals surface area contributed by atoms with Crippen molar-refractivity contribution < 1.29 is 37.4 Å². The minimum atomic E-state index is -4.49. The Bertz CT molecular complexity index is 1820. The Morgan fingerprint density at radius 2 is 1.76 bits per heavy atom. The van der Waals surface area contributed by atoms with Gasteiger partial charge >= 0.3 is 12.2 Å². The molecule has 13 heteroatoms. The maximum Gasteiger partial charge on any atom is 0.416 e. The van der Waals surface area contributed by atoms with Gasteiger partial charge in [-0.15, -0.1) is 0 Å². The van der Waals surface area contributed by atoms with Gasteiger partial charge in [-0.05, 0) is 61.0 Å². The minimum absolute atomic E-state index is 0.0452. The molecule has 0 saturated carbocycles. The number of carbonyl (C=O) groups excluding carboxylic acids is 3. The van der Waals surface area contributed by atoms with Crippen LogP contribution in [0.25, 0.3) is 10.9 Å². The van der Waals surface area contributed by atoms with Gasteiger partial charge in [0, 0.05) is 60.6 Å².